The Morgan fingerprint density at radius 3 is 2.34 bits per heavy atom. The Bertz CT molecular complexity index is 810. The summed E-state index contributed by atoms with van der Waals surface area (Å²) in [6.45, 7) is 9.12. The number of hydrogen-bond acceptors (Lipinski definition) is 5. The number of carbonyl (C=O) groups is 3. The molecule has 0 aliphatic heterocycles. The molecule has 5 nitrogen and oxygen atoms in total. The Kier molecular flexibility index (Phi) is 4.48. The van der Waals surface area contributed by atoms with Crippen molar-refractivity contribution < 1.29 is 24.2 Å². The van der Waals surface area contributed by atoms with Gasteiger partial charge in [0.2, 0.25) is 0 Å². The minimum Gasteiger partial charge on any atom is -0.451 e. The first kappa shape index (κ1) is 20.8. The van der Waals surface area contributed by atoms with E-state index in [0.29, 0.717) is 25.2 Å². The van der Waals surface area contributed by atoms with Gasteiger partial charge in [-0.3, -0.25) is 14.4 Å². The summed E-state index contributed by atoms with van der Waals surface area (Å²) >= 11 is 0. The Labute approximate surface area is 173 Å². The molecular weight excluding hydrogens is 368 g/mol. The quantitative estimate of drug-likeness (QED) is 0.711. The van der Waals surface area contributed by atoms with Crippen LogP contribution in [0.1, 0.15) is 79.6 Å². The van der Waals surface area contributed by atoms with Gasteiger partial charge in [0, 0.05) is 18.8 Å². The molecule has 3 saturated carbocycles. The molecule has 160 valence electrons. The van der Waals surface area contributed by atoms with Crippen LogP contribution in [0.4, 0.5) is 0 Å². The maximum atomic E-state index is 12.8. The van der Waals surface area contributed by atoms with Crippen molar-refractivity contribution >= 4 is 17.5 Å². The van der Waals surface area contributed by atoms with Gasteiger partial charge in [0.15, 0.2) is 17.2 Å². The molecule has 0 spiro atoms. The summed E-state index contributed by atoms with van der Waals surface area (Å²) in [5.41, 5.74) is -1.77. The third kappa shape index (κ3) is 2.65. The van der Waals surface area contributed by atoms with E-state index in [2.05, 4.69) is 13.8 Å². The maximum Gasteiger partial charge on any atom is 0.303 e. The van der Waals surface area contributed by atoms with Gasteiger partial charge in [-0.05, 0) is 87.2 Å². The van der Waals surface area contributed by atoms with E-state index in [9.17, 15) is 19.5 Å². The van der Waals surface area contributed by atoms with Crippen molar-refractivity contribution in [3.63, 3.8) is 0 Å². The summed E-state index contributed by atoms with van der Waals surface area (Å²) in [4.78, 5) is 36.9. The van der Waals surface area contributed by atoms with E-state index in [0.717, 1.165) is 31.3 Å². The molecular formula is C24H34O5. The molecule has 4 rings (SSSR count). The predicted molar refractivity (Wildman–Crippen MR) is 108 cm³/mol. The summed E-state index contributed by atoms with van der Waals surface area (Å²) < 4.78 is 5.80. The minimum atomic E-state index is -1.06. The minimum absolute atomic E-state index is 0.0613. The smallest absolute Gasteiger partial charge is 0.303 e. The Balaban J connectivity index is 1.77. The fraction of sp³-hybridized carbons (Fsp3) is 0.792. The van der Waals surface area contributed by atoms with Crippen molar-refractivity contribution in [2.45, 2.75) is 90.8 Å². The highest BCUT2D eigenvalue weighted by molar-refractivity contribution is 5.92. The number of Topliss-reactive ketones (excluding diaryl/α,β-unsaturated/α-hetero) is 1. The van der Waals surface area contributed by atoms with Gasteiger partial charge < -0.3 is 9.84 Å². The summed E-state index contributed by atoms with van der Waals surface area (Å²) in [6.07, 6.45) is 6.76. The molecule has 0 heterocycles. The third-order valence-electron chi connectivity index (χ3n) is 9.29. The Morgan fingerprint density at radius 1 is 1.07 bits per heavy atom. The second-order valence-corrected chi connectivity index (χ2v) is 10.8. The molecule has 0 unspecified atom stereocenters. The van der Waals surface area contributed by atoms with Gasteiger partial charge in [-0.25, -0.2) is 0 Å². The molecule has 0 aromatic heterocycles. The van der Waals surface area contributed by atoms with Crippen molar-refractivity contribution in [1.29, 1.82) is 0 Å². The second-order valence-electron chi connectivity index (χ2n) is 10.8. The Hall–Kier alpha value is -1.49. The number of ketones is 2. The fourth-order valence-electron chi connectivity index (χ4n) is 8.06. The van der Waals surface area contributed by atoms with E-state index in [1.165, 1.54) is 6.92 Å². The molecule has 29 heavy (non-hydrogen) atoms. The van der Waals surface area contributed by atoms with E-state index < -0.39 is 22.6 Å². The zero-order chi connectivity index (χ0) is 21.4. The van der Waals surface area contributed by atoms with Crippen LogP contribution in [0.25, 0.3) is 0 Å². The molecule has 1 N–H and O–H groups in total. The lowest BCUT2D eigenvalue weighted by Crippen LogP contribution is -2.61. The Morgan fingerprint density at radius 2 is 1.72 bits per heavy atom. The normalized spacial score (nSPS) is 48.8. The van der Waals surface area contributed by atoms with Crippen LogP contribution in [-0.4, -0.2) is 33.8 Å². The van der Waals surface area contributed by atoms with Crippen LogP contribution in [-0.2, 0) is 19.1 Å². The molecule has 5 heteroatoms. The lowest BCUT2D eigenvalue weighted by molar-refractivity contribution is -0.190. The summed E-state index contributed by atoms with van der Waals surface area (Å²) in [7, 11) is 0. The van der Waals surface area contributed by atoms with Gasteiger partial charge in [0.1, 0.15) is 0 Å². The highest BCUT2D eigenvalue weighted by Gasteiger charge is 2.69. The van der Waals surface area contributed by atoms with Gasteiger partial charge in [0.25, 0.3) is 0 Å². The van der Waals surface area contributed by atoms with Crippen LogP contribution in [0.3, 0.4) is 0 Å². The molecule has 0 aromatic carbocycles. The van der Waals surface area contributed by atoms with Gasteiger partial charge >= 0.3 is 5.97 Å². The van der Waals surface area contributed by atoms with Crippen molar-refractivity contribution in [1.82, 2.24) is 0 Å². The van der Waals surface area contributed by atoms with Crippen molar-refractivity contribution in [3.8, 4) is 0 Å². The van der Waals surface area contributed by atoms with Gasteiger partial charge in [-0.2, -0.15) is 0 Å². The average molecular weight is 403 g/mol. The van der Waals surface area contributed by atoms with E-state index in [4.69, 9.17) is 4.74 Å². The number of rotatable bonds is 2. The lowest BCUT2D eigenvalue weighted by Gasteiger charge is -2.62. The highest BCUT2D eigenvalue weighted by Crippen LogP contribution is 2.69. The number of fused-ring (bicyclic) bond motifs is 5. The van der Waals surface area contributed by atoms with E-state index in [1.54, 1.807) is 13.0 Å². The lowest BCUT2D eigenvalue weighted by atomic mass is 9.44. The molecule has 3 fully saturated rings. The first-order valence-corrected chi connectivity index (χ1v) is 11.1. The van der Waals surface area contributed by atoms with Crippen LogP contribution < -0.4 is 0 Å². The van der Waals surface area contributed by atoms with Crippen LogP contribution in [0.5, 0.6) is 0 Å². The first-order valence-electron chi connectivity index (χ1n) is 11.1. The molecule has 4 aliphatic carbocycles. The number of ether oxygens (including phenoxy) is 1. The van der Waals surface area contributed by atoms with Crippen molar-refractivity contribution in [3.05, 3.63) is 11.6 Å². The largest absolute Gasteiger partial charge is 0.451 e. The topological polar surface area (TPSA) is 80.7 Å². The second kappa shape index (κ2) is 6.26. The van der Waals surface area contributed by atoms with Crippen LogP contribution in [0, 0.1) is 28.6 Å². The molecule has 0 aromatic rings. The monoisotopic (exact) mass is 402 g/mol. The highest BCUT2D eigenvalue weighted by atomic mass is 16.6. The SMILES string of the molecule is CC(=O)O[C@@]1(C(C)=O)CC[C@@H]2[C@H]3C[C@@](C)(O)C4=CC(=O)CC[C@]4(C)[C@@H]3CC[C@]21C. The molecule has 7 atom stereocenters. The van der Waals surface area contributed by atoms with Crippen molar-refractivity contribution in [2.24, 2.45) is 28.6 Å². The van der Waals surface area contributed by atoms with E-state index >= 15 is 0 Å². The van der Waals surface area contributed by atoms with Gasteiger partial charge in [0.05, 0.1) is 5.60 Å². The maximum absolute atomic E-state index is 12.8. The van der Waals surface area contributed by atoms with E-state index in [-0.39, 0.29) is 28.8 Å². The number of aliphatic hydroxyl groups is 1. The standard InChI is InChI=1S/C24H34O5/c1-14(25)24(29-15(2)26)11-8-19-17-13-23(5,28)20-12-16(27)6-9-21(20,3)18(17)7-10-22(19,24)4/h12,17-19,28H,6-11,13H2,1-5H3/t17-,18+,19+,21+,22+,23+,24+/m0/s1. The third-order valence-corrected chi connectivity index (χ3v) is 9.29. The first-order chi connectivity index (χ1) is 13.4. The zero-order valence-corrected chi connectivity index (χ0v) is 18.3. The summed E-state index contributed by atoms with van der Waals surface area (Å²) in [5.74, 6) is 0.489. The van der Waals surface area contributed by atoms with E-state index in [1.807, 2.05) is 6.92 Å². The number of hydrogen-bond donors (Lipinski definition) is 1. The van der Waals surface area contributed by atoms with Crippen LogP contribution in [0.2, 0.25) is 0 Å². The summed E-state index contributed by atoms with van der Waals surface area (Å²) in [6, 6.07) is 0. The van der Waals surface area contributed by atoms with Crippen LogP contribution in [0.15, 0.2) is 11.6 Å². The zero-order valence-electron chi connectivity index (χ0n) is 18.3. The van der Waals surface area contributed by atoms with Gasteiger partial charge in [-0.1, -0.05) is 13.8 Å². The van der Waals surface area contributed by atoms with Crippen LogP contribution >= 0.6 is 0 Å². The van der Waals surface area contributed by atoms with Crippen molar-refractivity contribution in [2.75, 3.05) is 0 Å². The molecule has 0 bridgehead atoms. The number of carbonyl (C=O) groups excluding carboxylic acids is 3. The summed E-state index contributed by atoms with van der Waals surface area (Å²) in [5, 5.41) is 11.4. The molecule has 0 radical (unpaired) electrons. The van der Waals surface area contributed by atoms with Gasteiger partial charge in [-0.15, -0.1) is 0 Å². The molecule has 0 saturated heterocycles. The molecule has 0 amide bonds. The number of esters is 1. The predicted octanol–water partition coefficient (Wildman–Crippen LogP) is 3.77. The average Bonchev–Trinajstić information content (AvgIpc) is 2.90. The molecule has 4 aliphatic rings. The fourth-order valence-corrected chi connectivity index (χ4v) is 8.06.